The zero-order chi connectivity index (χ0) is 27.3. The Labute approximate surface area is 215 Å². The first-order chi connectivity index (χ1) is 16.7. The summed E-state index contributed by atoms with van der Waals surface area (Å²) in [6.07, 6.45) is 6.32. The van der Waals surface area contributed by atoms with Gasteiger partial charge in [0.2, 0.25) is 0 Å². The highest BCUT2D eigenvalue weighted by Crippen LogP contribution is 2.39. The van der Waals surface area contributed by atoms with E-state index < -0.39 is 41.6 Å². The lowest BCUT2D eigenvalue weighted by atomic mass is 9.89. The Morgan fingerprint density at radius 2 is 2.00 bits per heavy atom. The standard InChI is InChI=1S/C28H46O8/c1-7-22(30)28(6,34)26-21(35-26)15-17(2)9-8-10-18(3)25-19(4)11-12-23(31)27(5,33)14-13-20(29)16-24(32)36-25/h8-12,17,19-23,25-26,29-31,33-34H,7,13-16H2,1-6H3/b9-8+,12-11+,18-10+/t17-,19-,20+,21+,22-,23-,25-,26-,27-,28-/m0/s1. The summed E-state index contributed by atoms with van der Waals surface area (Å²) in [4.78, 5) is 12.5. The van der Waals surface area contributed by atoms with E-state index in [2.05, 4.69) is 0 Å². The summed E-state index contributed by atoms with van der Waals surface area (Å²) < 4.78 is 11.3. The second kappa shape index (κ2) is 12.8. The number of epoxide rings is 1. The van der Waals surface area contributed by atoms with E-state index >= 15 is 0 Å². The minimum absolute atomic E-state index is 0.113. The van der Waals surface area contributed by atoms with E-state index in [0.717, 1.165) is 5.57 Å². The molecule has 1 saturated heterocycles. The van der Waals surface area contributed by atoms with Gasteiger partial charge >= 0.3 is 5.97 Å². The Hall–Kier alpha value is -1.55. The molecule has 0 spiro atoms. The molecule has 0 aromatic rings. The summed E-state index contributed by atoms with van der Waals surface area (Å²) in [6, 6.07) is 0. The number of esters is 1. The van der Waals surface area contributed by atoms with E-state index in [4.69, 9.17) is 9.47 Å². The van der Waals surface area contributed by atoms with Crippen molar-refractivity contribution in [2.24, 2.45) is 11.8 Å². The van der Waals surface area contributed by atoms with E-state index in [1.54, 1.807) is 13.0 Å². The summed E-state index contributed by atoms with van der Waals surface area (Å²) in [6.45, 7) is 10.7. The number of allylic oxidation sites excluding steroid dienone is 3. The van der Waals surface area contributed by atoms with E-state index in [0.29, 0.717) is 12.8 Å². The molecule has 0 radical (unpaired) electrons. The molecule has 0 saturated carbocycles. The van der Waals surface area contributed by atoms with Gasteiger partial charge in [-0.1, -0.05) is 51.2 Å². The van der Waals surface area contributed by atoms with Gasteiger partial charge < -0.3 is 35.0 Å². The van der Waals surface area contributed by atoms with Gasteiger partial charge in [-0.25, -0.2) is 0 Å². The molecule has 0 aromatic heterocycles. The molecule has 36 heavy (non-hydrogen) atoms. The first kappa shape index (κ1) is 30.7. The summed E-state index contributed by atoms with van der Waals surface area (Å²) in [5, 5.41) is 51.7. The maximum absolute atomic E-state index is 12.5. The lowest BCUT2D eigenvalue weighted by Crippen LogP contribution is -2.45. The minimum Gasteiger partial charge on any atom is -0.457 e. The van der Waals surface area contributed by atoms with Crippen molar-refractivity contribution in [3.8, 4) is 0 Å². The fourth-order valence-electron chi connectivity index (χ4n) is 4.67. The van der Waals surface area contributed by atoms with Crippen molar-refractivity contribution in [1.29, 1.82) is 0 Å². The third-order valence-corrected chi connectivity index (χ3v) is 7.43. The molecular formula is C28H46O8. The summed E-state index contributed by atoms with van der Waals surface area (Å²) in [5.41, 5.74) is -1.88. The molecule has 0 amide bonds. The maximum Gasteiger partial charge on any atom is 0.309 e. The number of rotatable bonds is 8. The van der Waals surface area contributed by atoms with Gasteiger partial charge in [0.15, 0.2) is 0 Å². The number of aliphatic hydroxyl groups excluding tert-OH is 3. The number of cyclic esters (lactones) is 1. The molecule has 8 heteroatoms. The van der Waals surface area contributed by atoms with Gasteiger partial charge in [0, 0.05) is 5.92 Å². The summed E-state index contributed by atoms with van der Waals surface area (Å²) in [5.74, 6) is -0.634. The normalized spacial score (nSPS) is 38.9. The Bertz CT molecular complexity index is 814. The van der Waals surface area contributed by atoms with Crippen molar-refractivity contribution in [2.75, 3.05) is 0 Å². The average Bonchev–Trinajstić information content (AvgIpc) is 3.57. The van der Waals surface area contributed by atoms with Crippen molar-refractivity contribution >= 4 is 5.97 Å². The molecule has 8 nitrogen and oxygen atoms in total. The van der Waals surface area contributed by atoms with Gasteiger partial charge in [0.05, 0.1) is 30.3 Å². The van der Waals surface area contributed by atoms with Crippen molar-refractivity contribution in [1.82, 2.24) is 0 Å². The fourth-order valence-corrected chi connectivity index (χ4v) is 4.67. The lowest BCUT2D eigenvalue weighted by Gasteiger charge is -2.30. The summed E-state index contributed by atoms with van der Waals surface area (Å²) >= 11 is 0. The molecule has 5 N–H and O–H groups in total. The van der Waals surface area contributed by atoms with Crippen LogP contribution in [0.15, 0.2) is 36.0 Å². The Kier molecular flexibility index (Phi) is 10.9. The van der Waals surface area contributed by atoms with Crippen LogP contribution in [0.25, 0.3) is 0 Å². The molecule has 2 aliphatic rings. The van der Waals surface area contributed by atoms with Crippen LogP contribution < -0.4 is 0 Å². The highest BCUT2D eigenvalue weighted by molar-refractivity contribution is 5.70. The first-order valence-corrected chi connectivity index (χ1v) is 13.1. The van der Waals surface area contributed by atoms with Gasteiger partial charge in [0.1, 0.15) is 23.9 Å². The van der Waals surface area contributed by atoms with Gasteiger partial charge in [0.25, 0.3) is 0 Å². The third-order valence-electron chi connectivity index (χ3n) is 7.43. The minimum atomic E-state index is -1.41. The smallest absolute Gasteiger partial charge is 0.309 e. The molecule has 2 rings (SSSR count). The van der Waals surface area contributed by atoms with Crippen LogP contribution in [0.1, 0.15) is 73.6 Å². The monoisotopic (exact) mass is 510 g/mol. The van der Waals surface area contributed by atoms with E-state index in [9.17, 15) is 30.3 Å². The predicted octanol–water partition coefficient (Wildman–Crippen LogP) is 2.57. The SMILES string of the molecule is CC[C@H](O)[C@](C)(O)[C@H]1O[C@@H]1C[C@@H](C)/C=C/C=C(\C)[C@@H]1OC(=O)C[C@H](O)CC[C@](C)(O)[C@@H](O)/C=C/[C@@H]1C. The summed E-state index contributed by atoms with van der Waals surface area (Å²) in [7, 11) is 0. The number of ether oxygens (including phenoxy) is 2. The Morgan fingerprint density at radius 3 is 2.64 bits per heavy atom. The van der Waals surface area contributed by atoms with Gasteiger partial charge in [-0.15, -0.1) is 0 Å². The lowest BCUT2D eigenvalue weighted by molar-refractivity contribution is -0.151. The second-order valence-electron chi connectivity index (χ2n) is 11.1. The molecule has 10 atom stereocenters. The topological polar surface area (TPSA) is 140 Å². The molecule has 0 aromatic carbocycles. The average molecular weight is 511 g/mol. The molecule has 206 valence electrons. The van der Waals surface area contributed by atoms with Crippen LogP contribution in [-0.2, 0) is 14.3 Å². The zero-order valence-corrected chi connectivity index (χ0v) is 22.5. The maximum atomic E-state index is 12.5. The van der Waals surface area contributed by atoms with Crippen LogP contribution in [-0.4, -0.2) is 79.3 Å². The van der Waals surface area contributed by atoms with Crippen molar-refractivity contribution in [2.45, 2.75) is 121 Å². The Balaban J connectivity index is 2.06. The second-order valence-corrected chi connectivity index (χ2v) is 11.1. The van der Waals surface area contributed by atoms with Crippen LogP contribution in [0.5, 0.6) is 0 Å². The van der Waals surface area contributed by atoms with Gasteiger partial charge in [-0.2, -0.15) is 0 Å². The van der Waals surface area contributed by atoms with Crippen LogP contribution in [0, 0.1) is 11.8 Å². The van der Waals surface area contributed by atoms with E-state index in [1.807, 2.05) is 45.9 Å². The predicted molar refractivity (Wildman–Crippen MR) is 137 cm³/mol. The van der Waals surface area contributed by atoms with Gasteiger partial charge in [-0.05, 0) is 57.9 Å². The fraction of sp³-hybridized carbons (Fsp3) is 0.750. The first-order valence-electron chi connectivity index (χ1n) is 13.1. The number of hydrogen-bond acceptors (Lipinski definition) is 8. The van der Waals surface area contributed by atoms with Crippen molar-refractivity contribution in [3.05, 3.63) is 36.0 Å². The zero-order valence-electron chi connectivity index (χ0n) is 22.5. The number of aliphatic hydroxyl groups is 5. The molecule has 0 bridgehead atoms. The molecule has 0 unspecified atom stereocenters. The molecule has 0 aliphatic carbocycles. The van der Waals surface area contributed by atoms with Crippen LogP contribution in [0.4, 0.5) is 0 Å². The Morgan fingerprint density at radius 1 is 1.33 bits per heavy atom. The van der Waals surface area contributed by atoms with Crippen LogP contribution >= 0.6 is 0 Å². The number of carbonyl (C=O) groups is 1. The number of carbonyl (C=O) groups excluding carboxylic acids is 1. The van der Waals surface area contributed by atoms with Crippen LogP contribution in [0.3, 0.4) is 0 Å². The quantitative estimate of drug-likeness (QED) is 0.145. The van der Waals surface area contributed by atoms with E-state index in [-0.39, 0.29) is 43.3 Å². The van der Waals surface area contributed by atoms with Crippen LogP contribution in [0.2, 0.25) is 0 Å². The molecule has 2 aliphatic heterocycles. The van der Waals surface area contributed by atoms with Gasteiger partial charge in [-0.3, -0.25) is 4.79 Å². The third kappa shape index (κ3) is 8.50. The van der Waals surface area contributed by atoms with Crippen molar-refractivity contribution < 1.29 is 39.8 Å². The molecule has 1 fully saturated rings. The largest absolute Gasteiger partial charge is 0.457 e. The van der Waals surface area contributed by atoms with E-state index in [1.165, 1.54) is 13.0 Å². The molecular weight excluding hydrogens is 464 g/mol. The number of hydrogen-bond donors (Lipinski definition) is 5. The van der Waals surface area contributed by atoms with Crippen molar-refractivity contribution in [3.63, 3.8) is 0 Å². The highest BCUT2D eigenvalue weighted by atomic mass is 16.6. The highest BCUT2D eigenvalue weighted by Gasteiger charge is 2.54. The molecule has 2 heterocycles.